The van der Waals surface area contributed by atoms with Crippen LogP contribution in [0.15, 0.2) is 12.1 Å². The Balaban J connectivity index is 1.81. The summed E-state index contributed by atoms with van der Waals surface area (Å²) in [6.07, 6.45) is 8.27. The normalized spacial score (nSPS) is 17.5. The average Bonchev–Trinajstić information content (AvgIpc) is 2.72. The number of fused-ring (bicyclic) bond motifs is 1. The average molecular weight is 250 g/mol. The van der Waals surface area contributed by atoms with E-state index in [1.165, 1.54) is 38.2 Å². The molecule has 0 saturated heterocycles. The number of phenolic OH excluding ortho intramolecular Hbond substituents is 2. The Hall–Kier alpha value is -1.38. The molecule has 2 rings (SSSR count). The Morgan fingerprint density at radius 3 is 2.72 bits per heavy atom. The van der Waals surface area contributed by atoms with E-state index in [9.17, 15) is 10.2 Å². The van der Waals surface area contributed by atoms with Gasteiger partial charge in [0.15, 0.2) is 11.5 Å². The summed E-state index contributed by atoms with van der Waals surface area (Å²) in [5, 5.41) is 19.1. The molecule has 1 atom stereocenters. The molecule has 0 fully saturated rings. The Morgan fingerprint density at radius 1 is 1.17 bits per heavy atom. The second-order valence-electron chi connectivity index (χ2n) is 5.10. The summed E-state index contributed by atoms with van der Waals surface area (Å²) in [6.45, 7) is 2.21. The maximum absolute atomic E-state index is 9.69. The van der Waals surface area contributed by atoms with E-state index in [-0.39, 0.29) is 17.6 Å². The number of benzene rings is 1. The van der Waals surface area contributed by atoms with Gasteiger partial charge in [-0.1, -0.05) is 32.6 Å². The van der Waals surface area contributed by atoms with Crippen LogP contribution in [0, 0.1) is 0 Å². The molecule has 0 bridgehead atoms. The number of unbranched alkanes of at least 4 members (excludes halogenated alkanes) is 4. The Kier molecular flexibility index (Phi) is 4.34. The van der Waals surface area contributed by atoms with E-state index in [0.29, 0.717) is 5.75 Å². The van der Waals surface area contributed by atoms with Gasteiger partial charge in [-0.2, -0.15) is 0 Å². The molecular weight excluding hydrogens is 228 g/mol. The fourth-order valence-electron chi connectivity index (χ4n) is 2.53. The van der Waals surface area contributed by atoms with Crippen LogP contribution in [0.2, 0.25) is 0 Å². The van der Waals surface area contributed by atoms with Gasteiger partial charge < -0.3 is 14.9 Å². The highest BCUT2D eigenvalue weighted by Gasteiger charge is 2.25. The summed E-state index contributed by atoms with van der Waals surface area (Å²) in [5.41, 5.74) is 0.922. The standard InChI is InChI=1S/C15H22O3/c1-2-3-4-5-6-7-13-9-11-8-12(16)10-14(17)15(11)18-13/h8,10,13,16-17H,2-7,9H2,1H3. The molecule has 18 heavy (non-hydrogen) atoms. The van der Waals surface area contributed by atoms with E-state index in [0.717, 1.165) is 18.4 Å². The summed E-state index contributed by atoms with van der Waals surface area (Å²) in [7, 11) is 0. The predicted octanol–water partition coefficient (Wildman–Crippen LogP) is 3.76. The van der Waals surface area contributed by atoms with Crippen molar-refractivity contribution in [1.82, 2.24) is 0 Å². The third kappa shape index (κ3) is 3.09. The monoisotopic (exact) mass is 250 g/mol. The zero-order chi connectivity index (χ0) is 13.0. The lowest BCUT2D eigenvalue weighted by Crippen LogP contribution is -2.12. The first-order valence-electron chi connectivity index (χ1n) is 6.92. The van der Waals surface area contributed by atoms with Gasteiger partial charge in [-0.25, -0.2) is 0 Å². The molecule has 0 spiro atoms. The van der Waals surface area contributed by atoms with Crippen LogP contribution in [-0.2, 0) is 6.42 Å². The number of hydrogen-bond donors (Lipinski definition) is 2. The van der Waals surface area contributed by atoms with Gasteiger partial charge in [0, 0.05) is 18.1 Å². The van der Waals surface area contributed by atoms with Gasteiger partial charge in [-0.3, -0.25) is 0 Å². The molecule has 0 aliphatic carbocycles. The lowest BCUT2D eigenvalue weighted by atomic mass is 10.0. The molecule has 100 valence electrons. The van der Waals surface area contributed by atoms with Crippen molar-refractivity contribution >= 4 is 0 Å². The largest absolute Gasteiger partial charge is 0.508 e. The van der Waals surface area contributed by atoms with Crippen molar-refractivity contribution < 1.29 is 14.9 Å². The molecule has 0 aromatic heterocycles. The zero-order valence-corrected chi connectivity index (χ0v) is 11.0. The number of hydrogen-bond acceptors (Lipinski definition) is 3. The molecule has 1 aliphatic rings. The molecule has 1 aromatic rings. The first-order valence-corrected chi connectivity index (χ1v) is 6.92. The van der Waals surface area contributed by atoms with Crippen LogP contribution < -0.4 is 4.74 Å². The van der Waals surface area contributed by atoms with Crippen molar-refractivity contribution in [2.75, 3.05) is 0 Å². The third-order valence-corrected chi connectivity index (χ3v) is 3.49. The topological polar surface area (TPSA) is 49.7 Å². The number of phenols is 2. The van der Waals surface area contributed by atoms with Gasteiger partial charge in [0.05, 0.1) is 0 Å². The summed E-state index contributed by atoms with van der Waals surface area (Å²) >= 11 is 0. The van der Waals surface area contributed by atoms with Crippen molar-refractivity contribution in [3.63, 3.8) is 0 Å². The van der Waals surface area contributed by atoms with Gasteiger partial charge >= 0.3 is 0 Å². The van der Waals surface area contributed by atoms with Crippen LogP contribution in [-0.4, -0.2) is 16.3 Å². The molecule has 1 aromatic carbocycles. The van der Waals surface area contributed by atoms with Crippen molar-refractivity contribution in [1.29, 1.82) is 0 Å². The SMILES string of the molecule is CCCCCCCC1Cc2cc(O)cc(O)c2O1. The summed E-state index contributed by atoms with van der Waals surface area (Å²) in [6, 6.07) is 3.02. The first-order chi connectivity index (χ1) is 8.70. The minimum Gasteiger partial charge on any atom is -0.508 e. The second-order valence-corrected chi connectivity index (χ2v) is 5.10. The highest BCUT2D eigenvalue weighted by molar-refractivity contribution is 5.52. The van der Waals surface area contributed by atoms with Gasteiger partial charge in [0.25, 0.3) is 0 Å². The van der Waals surface area contributed by atoms with Crippen LogP contribution in [0.4, 0.5) is 0 Å². The third-order valence-electron chi connectivity index (χ3n) is 3.49. The smallest absolute Gasteiger partial charge is 0.164 e. The fourth-order valence-corrected chi connectivity index (χ4v) is 2.53. The second kappa shape index (κ2) is 5.98. The Bertz CT molecular complexity index is 401. The van der Waals surface area contributed by atoms with E-state index in [4.69, 9.17) is 4.74 Å². The molecule has 1 aliphatic heterocycles. The molecule has 1 heterocycles. The molecular formula is C15H22O3. The van der Waals surface area contributed by atoms with Crippen molar-refractivity contribution in [2.45, 2.75) is 58.0 Å². The summed E-state index contributed by atoms with van der Waals surface area (Å²) in [4.78, 5) is 0. The maximum atomic E-state index is 9.69. The van der Waals surface area contributed by atoms with Crippen LogP contribution >= 0.6 is 0 Å². The molecule has 2 N–H and O–H groups in total. The van der Waals surface area contributed by atoms with E-state index >= 15 is 0 Å². The van der Waals surface area contributed by atoms with E-state index in [1.54, 1.807) is 6.07 Å². The predicted molar refractivity (Wildman–Crippen MR) is 71.3 cm³/mol. The highest BCUT2D eigenvalue weighted by atomic mass is 16.5. The number of rotatable bonds is 6. The molecule has 1 unspecified atom stereocenters. The molecule has 0 radical (unpaired) electrons. The molecule has 3 heteroatoms. The van der Waals surface area contributed by atoms with Gasteiger partial charge in [0.1, 0.15) is 11.9 Å². The quantitative estimate of drug-likeness (QED) is 0.756. The van der Waals surface area contributed by atoms with Crippen LogP contribution in [0.5, 0.6) is 17.2 Å². The molecule has 3 nitrogen and oxygen atoms in total. The fraction of sp³-hybridized carbons (Fsp3) is 0.600. The van der Waals surface area contributed by atoms with E-state index in [2.05, 4.69) is 6.92 Å². The Labute approximate surface area is 108 Å². The van der Waals surface area contributed by atoms with E-state index < -0.39 is 0 Å². The minimum absolute atomic E-state index is 0.0542. The molecule has 0 saturated carbocycles. The number of aromatic hydroxyl groups is 2. The Morgan fingerprint density at radius 2 is 1.94 bits per heavy atom. The van der Waals surface area contributed by atoms with Crippen LogP contribution in [0.1, 0.15) is 51.0 Å². The van der Waals surface area contributed by atoms with Gasteiger partial charge in [-0.15, -0.1) is 0 Å². The van der Waals surface area contributed by atoms with Gasteiger partial charge in [-0.05, 0) is 18.9 Å². The van der Waals surface area contributed by atoms with E-state index in [1.807, 2.05) is 0 Å². The summed E-state index contributed by atoms with van der Waals surface area (Å²) < 4.78 is 5.74. The summed E-state index contributed by atoms with van der Waals surface area (Å²) in [5.74, 6) is 0.725. The van der Waals surface area contributed by atoms with Crippen molar-refractivity contribution in [3.05, 3.63) is 17.7 Å². The van der Waals surface area contributed by atoms with Crippen molar-refractivity contribution in [3.8, 4) is 17.2 Å². The zero-order valence-electron chi connectivity index (χ0n) is 11.0. The molecule has 0 amide bonds. The van der Waals surface area contributed by atoms with Crippen LogP contribution in [0.25, 0.3) is 0 Å². The van der Waals surface area contributed by atoms with Gasteiger partial charge in [0.2, 0.25) is 0 Å². The lowest BCUT2D eigenvalue weighted by molar-refractivity contribution is 0.209. The van der Waals surface area contributed by atoms with Crippen molar-refractivity contribution in [2.24, 2.45) is 0 Å². The maximum Gasteiger partial charge on any atom is 0.164 e. The lowest BCUT2D eigenvalue weighted by Gasteiger charge is -2.10. The van der Waals surface area contributed by atoms with Crippen LogP contribution in [0.3, 0.4) is 0 Å². The highest BCUT2D eigenvalue weighted by Crippen LogP contribution is 2.41. The first kappa shape index (κ1) is 13.1. The number of ether oxygens (including phenoxy) is 1. The minimum atomic E-state index is 0.0542.